The second kappa shape index (κ2) is 7.50. The number of para-hydroxylation sites is 1. The van der Waals surface area contributed by atoms with Crippen LogP contribution in [0.3, 0.4) is 0 Å². The Kier molecular flexibility index (Phi) is 4.90. The maximum absolute atomic E-state index is 13.3. The van der Waals surface area contributed by atoms with Crippen molar-refractivity contribution in [2.45, 2.75) is 19.8 Å². The van der Waals surface area contributed by atoms with Gasteiger partial charge in [0.15, 0.2) is 11.5 Å². The number of aryl methyl sites for hydroxylation is 1. The van der Waals surface area contributed by atoms with Gasteiger partial charge >= 0.3 is 0 Å². The lowest BCUT2D eigenvalue weighted by molar-refractivity contribution is -0.123. The van der Waals surface area contributed by atoms with Crippen molar-refractivity contribution in [3.63, 3.8) is 0 Å². The van der Waals surface area contributed by atoms with E-state index in [1.807, 2.05) is 49.4 Å². The zero-order chi connectivity index (χ0) is 19.7. The molecule has 2 atom stereocenters. The number of hydrazone groups is 1. The molecule has 0 bridgehead atoms. The number of hydrogen-bond acceptors (Lipinski definition) is 4. The van der Waals surface area contributed by atoms with Crippen LogP contribution in [0.2, 0.25) is 0 Å². The van der Waals surface area contributed by atoms with E-state index in [4.69, 9.17) is 14.6 Å². The fraction of sp³-hybridized carbons (Fsp3) is 0.304. The third-order valence-corrected chi connectivity index (χ3v) is 5.54. The van der Waals surface area contributed by atoms with Crippen LogP contribution >= 0.6 is 0 Å². The molecule has 0 aromatic heterocycles. The van der Waals surface area contributed by atoms with E-state index >= 15 is 0 Å². The average Bonchev–Trinajstić information content (AvgIpc) is 2.74. The second-order valence-electron chi connectivity index (χ2n) is 7.15. The first-order valence-corrected chi connectivity index (χ1v) is 9.49. The van der Waals surface area contributed by atoms with E-state index in [9.17, 15) is 4.79 Å². The lowest BCUT2D eigenvalue weighted by Gasteiger charge is -2.37. The molecule has 2 aliphatic rings. The first-order valence-electron chi connectivity index (χ1n) is 9.49. The van der Waals surface area contributed by atoms with Crippen molar-refractivity contribution < 1.29 is 14.3 Å². The Bertz CT molecular complexity index is 964. The first kappa shape index (κ1) is 18.3. The summed E-state index contributed by atoms with van der Waals surface area (Å²) in [6, 6.07) is 13.7. The van der Waals surface area contributed by atoms with Crippen LogP contribution in [0, 0.1) is 18.8 Å². The number of benzene rings is 2. The zero-order valence-corrected chi connectivity index (χ0v) is 16.4. The summed E-state index contributed by atoms with van der Waals surface area (Å²) in [5, 5.41) is 6.43. The van der Waals surface area contributed by atoms with E-state index in [0.29, 0.717) is 11.5 Å². The molecule has 144 valence electrons. The highest BCUT2D eigenvalue weighted by molar-refractivity contribution is 6.11. The fourth-order valence-corrected chi connectivity index (χ4v) is 4.02. The van der Waals surface area contributed by atoms with E-state index < -0.39 is 0 Å². The highest BCUT2D eigenvalue weighted by Crippen LogP contribution is 2.38. The van der Waals surface area contributed by atoms with E-state index in [1.165, 1.54) is 0 Å². The molecule has 1 amide bonds. The van der Waals surface area contributed by atoms with Crippen LogP contribution in [-0.2, 0) is 4.79 Å². The number of carbonyl (C=O) groups excluding carboxylic acids is 1. The Morgan fingerprint density at radius 2 is 1.68 bits per heavy atom. The van der Waals surface area contributed by atoms with E-state index in [-0.39, 0.29) is 17.7 Å². The maximum Gasteiger partial charge on any atom is 0.251 e. The fourth-order valence-electron chi connectivity index (χ4n) is 4.02. The third-order valence-electron chi connectivity index (χ3n) is 5.54. The molecule has 2 aromatic carbocycles. The molecule has 2 aromatic rings. The van der Waals surface area contributed by atoms with Gasteiger partial charge < -0.3 is 9.47 Å². The van der Waals surface area contributed by atoms with Crippen molar-refractivity contribution in [3.8, 4) is 11.5 Å². The number of carbonyl (C=O) groups is 1. The van der Waals surface area contributed by atoms with Gasteiger partial charge in [-0.1, -0.05) is 30.4 Å². The van der Waals surface area contributed by atoms with Crippen molar-refractivity contribution in [3.05, 3.63) is 65.7 Å². The van der Waals surface area contributed by atoms with Crippen molar-refractivity contribution in [1.82, 2.24) is 0 Å². The van der Waals surface area contributed by atoms with Crippen LogP contribution in [-0.4, -0.2) is 25.8 Å². The molecule has 0 unspecified atom stereocenters. The lowest BCUT2D eigenvalue weighted by Crippen LogP contribution is -2.45. The number of rotatable bonds is 4. The predicted octanol–water partition coefficient (Wildman–Crippen LogP) is 4.35. The van der Waals surface area contributed by atoms with Crippen LogP contribution in [0.1, 0.15) is 24.0 Å². The van der Waals surface area contributed by atoms with Gasteiger partial charge in [0.2, 0.25) is 0 Å². The number of nitrogens with zero attached hydrogens (tertiary/aromatic N) is 2. The summed E-state index contributed by atoms with van der Waals surface area (Å²) >= 11 is 0. The van der Waals surface area contributed by atoms with Gasteiger partial charge in [-0.05, 0) is 49.6 Å². The Balaban J connectivity index is 1.85. The molecular formula is C23H24N2O3. The minimum atomic E-state index is -0.106. The first-order chi connectivity index (χ1) is 13.6. The number of amides is 1. The summed E-state index contributed by atoms with van der Waals surface area (Å²) in [5.41, 5.74) is 3.72. The lowest BCUT2D eigenvalue weighted by atomic mass is 9.76. The molecule has 5 nitrogen and oxygen atoms in total. The Labute approximate surface area is 165 Å². The van der Waals surface area contributed by atoms with Crippen LogP contribution < -0.4 is 14.5 Å². The second-order valence-corrected chi connectivity index (χ2v) is 7.15. The van der Waals surface area contributed by atoms with Gasteiger partial charge in [0, 0.05) is 11.5 Å². The molecule has 0 spiro atoms. The van der Waals surface area contributed by atoms with Gasteiger partial charge in [0.25, 0.3) is 5.91 Å². The van der Waals surface area contributed by atoms with Crippen molar-refractivity contribution in [1.29, 1.82) is 0 Å². The normalized spacial score (nSPS) is 21.2. The standard InChI is InChI=1S/C23H24N2O3/c1-15-8-4-7-11-19(15)25-23(26)18-10-6-5-9-17(18)22(24-25)16-12-13-20(27-2)21(14-16)28-3/h4-8,11-14,17-18H,9-10H2,1-3H3/t17-,18+/m0/s1. The summed E-state index contributed by atoms with van der Waals surface area (Å²) in [5.74, 6) is 1.36. The monoisotopic (exact) mass is 376 g/mol. The quantitative estimate of drug-likeness (QED) is 0.746. The molecule has 4 rings (SSSR count). The molecule has 5 heteroatoms. The smallest absolute Gasteiger partial charge is 0.251 e. The van der Waals surface area contributed by atoms with Gasteiger partial charge in [0.05, 0.1) is 31.5 Å². The van der Waals surface area contributed by atoms with Crippen LogP contribution in [0.5, 0.6) is 11.5 Å². The number of hydrogen-bond donors (Lipinski definition) is 0. The molecule has 28 heavy (non-hydrogen) atoms. The minimum absolute atomic E-state index is 0.0628. The van der Waals surface area contributed by atoms with Crippen LogP contribution in [0.4, 0.5) is 5.69 Å². The van der Waals surface area contributed by atoms with Crippen LogP contribution in [0.25, 0.3) is 0 Å². The van der Waals surface area contributed by atoms with Gasteiger partial charge in [-0.2, -0.15) is 10.1 Å². The van der Waals surface area contributed by atoms with Crippen molar-refractivity contribution in [2.75, 3.05) is 19.2 Å². The minimum Gasteiger partial charge on any atom is -0.493 e. The summed E-state index contributed by atoms with van der Waals surface area (Å²) < 4.78 is 10.8. The number of fused-ring (bicyclic) bond motifs is 1. The van der Waals surface area contributed by atoms with Gasteiger partial charge in [-0.3, -0.25) is 4.79 Å². The molecule has 1 aliphatic carbocycles. The molecule has 0 saturated carbocycles. The average molecular weight is 376 g/mol. The molecule has 1 heterocycles. The van der Waals surface area contributed by atoms with E-state index in [2.05, 4.69) is 12.2 Å². The number of methoxy groups -OCH3 is 2. The summed E-state index contributed by atoms with van der Waals surface area (Å²) in [7, 11) is 3.25. The molecule has 0 radical (unpaired) electrons. The van der Waals surface area contributed by atoms with Crippen LogP contribution in [0.15, 0.2) is 59.7 Å². The molecule has 1 aliphatic heterocycles. The van der Waals surface area contributed by atoms with Gasteiger partial charge in [-0.15, -0.1) is 0 Å². The highest BCUT2D eigenvalue weighted by Gasteiger charge is 2.41. The molecule has 0 N–H and O–H groups in total. The SMILES string of the molecule is COc1ccc(C2=NN(c3ccccc3C)C(=O)[C@@H]3CC=CC[C@H]23)cc1OC. The number of allylic oxidation sites excluding steroid dienone is 2. The highest BCUT2D eigenvalue weighted by atomic mass is 16.5. The van der Waals surface area contributed by atoms with Crippen molar-refractivity contribution >= 4 is 17.3 Å². The van der Waals surface area contributed by atoms with Gasteiger partial charge in [0.1, 0.15) is 0 Å². The van der Waals surface area contributed by atoms with Crippen molar-refractivity contribution in [2.24, 2.45) is 16.9 Å². The molecular weight excluding hydrogens is 352 g/mol. The Morgan fingerprint density at radius 3 is 2.39 bits per heavy atom. The maximum atomic E-state index is 13.3. The summed E-state index contributed by atoms with van der Waals surface area (Å²) in [6.45, 7) is 2.00. The van der Waals surface area contributed by atoms with E-state index in [1.54, 1.807) is 19.2 Å². The summed E-state index contributed by atoms with van der Waals surface area (Å²) in [6.07, 6.45) is 5.80. The third kappa shape index (κ3) is 3.07. The summed E-state index contributed by atoms with van der Waals surface area (Å²) in [4.78, 5) is 13.3. The zero-order valence-electron chi connectivity index (χ0n) is 16.4. The van der Waals surface area contributed by atoms with Gasteiger partial charge in [-0.25, -0.2) is 0 Å². The molecule has 0 saturated heterocycles. The number of ether oxygens (including phenoxy) is 2. The largest absolute Gasteiger partial charge is 0.493 e. The Morgan fingerprint density at radius 1 is 0.964 bits per heavy atom. The number of anilines is 1. The Hall–Kier alpha value is -3.08. The predicted molar refractivity (Wildman–Crippen MR) is 110 cm³/mol. The molecule has 0 fully saturated rings. The topological polar surface area (TPSA) is 51.1 Å². The van der Waals surface area contributed by atoms with E-state index in [0.717, 1.165) is 35.4 Å².